The van der Waals surface area contributed by atoms with Crippen LogP contribution in [-0.4, -0.2) is 36.7 Å². The Bertz CT molecular complexity index is 772. The molecule has 1 aliphatic rings. The molecule has 2 heterocycles. The standard InChI is InChI=1S/C19H22N2O4/c1-14-11-17(12-18(22)24-14)25-16-8-10-21(13-16)19(23)20-9-7-15-5-3-2-4-6-15/h2-6,11-12,16H,7-10,13H2,1H3,(H,20,23)/t16-/m1/s1. The van der Waals surface area contributed by atoms with Gasteiger partial charge in [-0.05, 0) is 18.9 Å². The zero-order valence-electron chi connectivity index (χ0n) is 14.2. The molecule has 25 heavy (non-hydrogen) atoms. The van der Waals surface area contributed by atoms with E-state index >= 15 is 0 Å². The van der Waals surface area contributed by atoms with Crippen molar-refractivity contribution >= 4 is 6.03 Å². The van der Waals surface area contributed by atoms with Crippen LogP contribution in [0.1, 0.15) is 17.7 Å². The Morgan fingerprint density at radius 3 is 2.88 bits per heavy atom. The zero-order chi connectivity index (χ0) is 17.6. The van der Waals surface area contributed by atoms with Crippen LogP contribution in [0.4, 0.5) is 4.79 Å². The first-order valence-corrected chi connectivity index (χ1v) is 8.45. The van der Waals surface area contributed by atoms with E-state index < -0.39 is 5.63 Å². The number of rotatable bonds is 5. The summed E-state index contributed by atoms with van der Waals surface area (Å²) < 4.78 is 10.7. The summed E-state index contributed by atoms with van der Waals surface area (Å²) in [5.41, 5.74) is 0.771. The molecule has 0 aliphatic carbocycles. The molecule has 2 aromatic rings. The number of amides is 2. The Kier molecular flexibility index (Phi) is 5.38. The third-order valence-corrected chi connectivity index (χ3v) is 4.13. The lowest BCUT2D eigenvalue weighted by Crippen LogP contribution is -2.40. The molecule has 1 aliphatic heterocycles. The molecule has 2 amide bonds. The van der Waals surface area contributed by atoms with Crippen molar-refractivity contribution in [1.29, 1.82) is 0 Å². The Labute approximate surface area is 146 Å². The van der Waals surface area contributed by atoms with Gasteiger partial charge in [-0.1, -0.05) is 30.3 Å². The maximum absolute atomic E-state index is 12.2. The summed E-state index contributed by atoms with van der Waals surface area (Å²) in [7, 11) is 0. The summed E-state index contributed by atoms with van der Waals surface area (Å²) in [4.78, 5) is 25.4. The van der Waals surface area contributed by atoms with Gasteiger partial charge in [0, 0.05) is 25.6 Å². The van der Waals surface area contributed by atoms with E-state index in [0.29, 0.717) is 31.1 Å². The van der Waals surface area contributed by atoms with Gasteiger partial charge in [0.15, 0.2) is 0 Å². The molecule has 1 fully saturated rings. The minimum Gasteiger partial charge on any atom is -0.488 e. The average Bonchev–Trinajstić information content (AvgIpc) is 3.03. The molecule has 1 aromatic heterocycles. The molecular formula is C19H22N2O4. The van der Waals surface area contributed by atoms with E-state index in [9.17, 15) is 9.59 Å². The molecule has 1 saturated heterocycles. The van der Waals surface area contributed by atoms with E-state index in [0.717, 1.165) is 12.8 Å². The Balaban J connectivity index is 1.45. The van der Waals surface area contributed by atoms with Crippen molar-refractivity contribution < 1.29 is 13.9 Å². The lowest BCUT2D eigenvalue weighted by molar-refractivity contribution is 0.186. The van der Waals surface area contributed by atoms with Crippen LogP contribution in [0, 0.1) is 6.92 Å². The third kappa shape index (κ3) is 4.86. The van der Waals surface area contributed by atoms with Gasteiger partial charge in [0.25, 0.3) is 0 Å². The maximum Gasteiger partial charge on any atom is 0.339 e. The van der Waals surface area contributed by atoms with Crippen LogP contribution in [0.3, 0.4) is 0 Å². The predicted octanol–water partition coefficient (Wildman–Crippen LogP) is 2.35. The molecule has 132 valence electrons. The molecule has 1 atom stereocenters. The number of hydrogen-bond acceptors (Lipinski definition) is 4. The minimum atomic E-state index is -0.427. The molecule has 0 saturated carbocycles. The van der Waals surface area contributed by atoms with E-state index in [-0.39, 0.29) is 12.1 Å². The van der Waals surface area contributed by atoms with E-state index in [1.807, 2.05) is 30.3 Å². The second kappa shape index (κ2) is 7.88. The molecule has 6 nitrogen and oxygen atoms in total. The Hall–Kier alpha value is -2.76. The summed E-state index contributed by atoms with van der Waals surface area (Å²) in [5.74, 6) is 1.00. The van der Waals surface area contributed by atoms with E-state index in [1.165, 1.54) is 11.6 Å². The van der Waals surface area contributed by atoms with Gasteiger partial charge in [-0.25, -0.2) is 9.59 Å². The first-order chi connectivity index (χ1) is 12.1. The van der Waals surface area contributed by atoms with Crippen LogP contribution in [-0.2, 0) is 6.42 Å². The van der Waals surface area contributed by atoms with Crippen molar-refractivity contribution in [2.75, 3.05) is 19.6 Å². The summed E-state index contributed by atoms with van der Waals surface area (Å²) in [6.07, 6.45) is 1.44. The molecule has 1 N–H and O–H groups in total. The number of ether oxygens (including phenoxy) is 1. The van der Waals surface area contributed by atoms with Crippen LogP contribution in [0.25, 0.3) is 0 Å². The number of carbonyl (C=O) groups excluding carboxylic acids is 1. The van der Waals surface area contributed by atoms with Gasteiger partial charge in [-0.2, -0.15) is 0 Å². The van der Waals surface area contributed by atoms with Gasteiger partial charge < -0.3 is 19.4 Å². The third-order valence-electron chi connectivity index (χ3n) is 4.13. The number of urea groups is 1. The topological polar surface area (TPSA) is 71.8 Å². The number of benzene rings is 1. The fourth-order valence-electron chi connectivity index (χ4n) is 2.92. The number of nitrogens with one attached hydrogen (secondary N) is 1. The molecule has 0 radical (unpaired) electrons. The number of hydrogen-bond donors (Lipinski definition) is 1. The monoisotopic (exact) mass is 342 g/mol. The second-order valence-corrected chi connectivity index (χ2v) is 6.16. The first kappa shape index (κ1) is 17.1. The van der Waals surface area contributed by atoms with Crippen LogP contribution in [0.15, 0.2) is 51.7 Å². The van der Waals surface area contributed by atoms with Crippen LogP contribution in [0.5, 0.6) is 5.75 Å². The highest BCUT2D eigenvalue weighted by atomic mass is 16.5. The van der Waals surface area contributed by atoms with E-state index in [1.54, 1.807) is 17.9 Å². The van der Waals surface area contributed by atoms with Gasteiger partial charge in [0.1, 0.15) is 17.6 Å². The van der Waals surface area contributed by atoms with Gasteiger partial charge in [-0.3, -0.25) is 0 Å². The molecule has 0 spiro atoms. The van der Waals surface area contributed by atoms with Gasteiger partial charge in [0.05, 0.1) is 12.6 Å². The Morgan fingerprint density at radius 2 is 2.12 bits per heavy atom. The van der Waals surface area contributed by atoms with Crippen molar-refractivity contribution in [1.82, 2.24) is 10.2 Å². The summed E-state index contributed by atoms with van der Waals surface area (Å²) in [6, 6.07) is 13.0. The maximum atomic E-state index is 12.2. The van der Waals surface area contributed by atoms with Gasteiger partial charge >= 0.3 is 11.7 Å². The lowest BCUT2D eigenvalue weighted by Gasteiger charge is -2.18. The van der Waals surface area contributed by atoms with Crippen molar-refractivity contribution in [3.05, 3.63) is 64.2 Å². The molecule has 1 aromatic carbocycles. The fraction of sp³-hybridized carbons (Fsp3) is 0.368. The number of aryl methyl sites for hydroxylation is 1. The van der Waals surface area contributed by atoms with Gasteiger partial charge in [-0.15, -0.1) is 0 Å². The molecule has 6 heteroatoms. The average molecular weight is 342 g/mol. The highest BCUT2D eigenvalue weighted by Crippen LogP contribution is 2.18. The highest BCUT2D eigenvalue weighted by Gasteiger charge is 2.27. The smallest absolute Gasteiger partial charge is 0.339 e. The Morgan fingerprint density at radius 1 is 1.32 bits per heavy atom. The van der Waals surface area contributed by atoms with E-state index in [2.05, 4.69) is 5.32 Å². The predicted molar refractivity (Wildman–Crippen MR) is 93.9 cm³/mol. The quantitative estimate of drug-likeness (QED) is 0.905. The largest absolute Gasteiger partial charge is 0.488 e. The van der Waals surface area contributed by atoms with Crippen LogP contribution < -0.4 is 15.7 Å². The van der Waals surface area contributed by atoms with Crippen molar-refractivity contribution in [3.63, 3.8) is 0 Å². The van der Waals surface area contributed by atoms with Crippen molar-refractivity contribution in [2.24, 2.45) is 0 Å². The van der Waals surface area contributed by atoms with Gasteiger partial charge in [0.2, 0.25) is 0 Å². The van der Waals surface area contributed by atoms with E-state index in [4.69, 9.17) is 9.15 Å². The molecular weight excluding hydrogens is 320 g/mol. The molecule has 0 bridgehead atoms. The zero-order valence-corrected chi connectivity index (χ0v) is 14.2. The number of nitrogens with zero attached hydrogens (tertiary/aromatic N) is 1. The fourth-order valence-corrected chi connectivity index (χ4v) is 2.92. The molecule has 3 rings (SSSR count). The number of likely N-dealkylation sites (tertiary alicyclic amines) is 1. The van der Waals surface area contributed by atoms with Crippen molar-refractivity contribution in [2.45, 2.75) is 25.9 Å². The van der Waals surface area contributed by atoms with Crippen LogP contribution in [0.2, 0.25) is 0 Å². The summed E-state index contributed by atoms with van der Waals surface area (Å²) in [6.45, 7) is 3.46. The SMILES string of the molecule is Cc1cc(O[C@@H]2CCN(C(=O)NCCc3ccccc3)C2)cc(=O)o1. The summed E-state index contributed by atoms with van der Waals surface area (Å²) >= 11 is 0. The first-order valence-electron chi connectivity index (χ1n) is 8.45. The normalized spacial score (nSPS) is 16.7. The lowest BCUT2D eigenvalue weighted by atomic mass is 10.1. The second-order valence-electron chi connectivity index (χ2n) is 6.16. The molecule has 0 unspecified atom stereocenters. The number of carbonyl (C=O) groups is 1. The summed E-state index contributed by atoms with van der Waals surface area (Å²) in [5, 5.41) is 2.94. The highest BCUT2D eigenvalue weighted by molar-refractivity contribution is 5.74. The van der Waals surface area contributed by atoms with Crippen LogP contribution >= 0.6 is 0 Å². The van der Waals surface area contributed by atoms with Crippen molar-refractivity contribution in [3.8, 4) is 5.75 Å². The minimum absolute atomic E-state index is 0.0780.